The van der Waals surface area contributed by atoms with Crippen LogP contribution < -0.4 is 22.7 Å². The Morgan fingerprint density at radius 1 is 1.00 bits per heavy atom. The van der Waals surface area contributed by atoms with Crippen LogP contribution in [0.3, 0.4) is 0 Å². The van der Waals surface area contributed by atoms with Crippen LogP contribution in [0.4, 0.5) is 0 Å². The average Bonchev–Trinajstić information content (AvgIpc) is 2.52. The van der Waals surface area contributed by atoms with Crippen LogP contribution in [0.5, 0.6) is 0 Å². The summed E-state index contributed by atoms with van der Waals surface area (Å²) in [6.45, 7) is 16.0. The first kappa shape index (κ1) is 19.4. The van der Waals surface area contributed by atoms with Crippen molar-refractivity contribution in [2.45, 2.75) is 52.4 Å². The van der Waals surface area contributed by atoms with Gasteiger partial charge in [0.05, 0.1) is 0 Å². The zero-order valence-electron chi connectivity index (χ0n) is 15.7. The first-order valence-corrected chi connectivity index (χ1v) is 15.4. The molecule has 2 rings (SSSR count). The summed E-state index contributed by atoms with van der Waals surface area (Å²) >= 11 is 0.311. The summed E-state index contributed by atoms with van der Waals surface area (Å²) in [5.74, 6) is 0. The van der Waals surface area contributed by atoms with Gasteiger partial charge >= 0.3 is 161 Å². The molecular weight excluding hydrogens is 508 g/mol. The molecule has 0 heterocycles. The summed E-state index contributed by atoms with van der Waals surface area (Å²) in [4.78, 5) is 2.36. The Bertz CT molecular complexity index is 776. The van der Waals surface area contributed by atoms with Crippen molar-refractivity contribution in [3.63, 3.8) is 0 Å². The number of halogens is 2. The van der Waals surface area contributed by atoms with Crippen molar-refractivity contribution in [2.24, 2.45) is 3.95 Å². The predicted octanol–water partition coefficient (Wildman–Crippen LogP) is 2.73. The molecule has 1 nitrogen and oxygen atoms in total. The minimum absolute atomic E-state index is 0.505. The van der Waals surface area contributed by atoms with Crippen LogP contribution in [0.25, 0.3) is 10.8 Å². The predicted molar refractivity (Wildman–Crippen MR) is 109 cm³/mol. The van der Waals surface area contributed by atoms with Crippen LogP contribution in [0.15, 0.2) is 6.07 Å². The number of benzene rings is 2. The normalized spacial score (nSPS) is 17.1. The van der Waals surface area contributed by atoms with Crippen LogP contribution >= 0.6 is 22.6 Å². The standard InChI is InChI=1S/C20H30I2N/c1-9-22(8,23)16(7)17-10-11(2)20(21)19-15(6)13(4)12(3)14(5)18(17)19/h10,16H,9,23H2,1-8H3/q-1/t16-/m1/s1. The van der Waals surface area contributed by atoms with E-state index in [1.165, 1.54) is 47.7 Å². The van der Waals surface area contributed by atoms with E-state index >= 15 is 0 Å². The van der Waals surface area contributed by atoms with Crippen molar-refractivity contribution in [1.82, 2.24) is 0 Å². The summed E-state index contributed by atoms with van der Waals surface area (Å²) in [5, 5.41) is 2.93. The monoisotopic (exact) mass is 538 g/mol. The number of aryl methyl sites for hydroxylation is 3. The van der Waals surface area contributed by atoms with E-state index in [4.69, 9.17) is 3.95 Å². The van der Waals surface area contributed by atoms with E-state index in [1.54, 1.807) is 0 Å². The Morgan fingerprint density at radius 3 is 1.96 bits per heavy atom. The van der Waals surface area contributed by atoms with E-state index in [2.05, 4.69) is 82.1 Å². The molecule has 1 unspecified atom stereocenters. The van der Waals surface area contributed by atoms with E-state index in [0.29, 0.717) is 3.92 Å². The number of alkyl halides is 3. The van der Waals surface area contributed by atoms with Crippen molar-refractivity contribution in [2.75, 3.05) is 9.36 Å². The molecule has 130 valence electrons. The second kappa shape index (κ2) is 6.79. The molecule has 0 amide bonds. The molecule has 0 bridgehead atoms. The average molecular weight is 538 g/mol. The van der Waals surface area contributed by atoms with Gasteiger partial charge in [0.2, 0.25) is 0 Å². The Labute approximate surface area is 159 Å². The Morgan fingerprint density at radius 2 is 1.48 bits per heavy atom. The summed E-state index contributed by atoms with van der Waals surface area (Å²) < 4.78 is 9.87. The summed E-state index contributed by atoms with van der Waals surface area (Å²) in [6, 6.07) is 2.42. The van der Waals surface area contributed by atoms with Gasteiger partial charge in [-0.15, -0.1) is 0 Å². The van der Waals surface area contributed by atoms with E-state index < -0.39 is 18.7 Å². The van der Waals surface area contributed by atoms with Gasteiger partial charge in [0, 0.05) is 0 Å². The number of rotatable bonds is 3. The molecule has 2 aromatic carbocycles. The number of hydrogen-bond donors (Lipinski definition) is 1. The molecule has 0 aromatic heterocycles. The third kappa shape index (κ3) is 3.17. The zero-order valence-corrected chi connectivity index (χ0v) is 20.0. The third-order valence-electron chi connectivity index (χ3n) is 5.67. The van der Waals surface area contributed by atoms with Gasteiger partial charge in [0.1, 0.15) is 0 Å². The molecule has 0 aliphatic rings. The molecule has 0 saturated heterocycles. The molecule has 23 heavy (non-hydrogen) atoms. The van der Waals surface area contributed by atoms with Crippen LogP contribution in [-0.2, 0) is 0 Å². The van der Waals surface area contributed by atoms with Crippen molar-refractivity contribution in [3.8, 4) is 0 Å². The van der Waals surface area contributed by atoms with Gasteiger partial charge in [0.15, 0.2) is 0 Å². The molecule has 2 atom stereocenters. The Kier molecular flexibility index (Phi) is 5.74. The quantitative estimate of drug-likeness (QED) is 0.364. The van der Waals surface area contributed by atoms with Crippen molar-refractivity contribution >= 4 is 33.4 Å². The maximum atomic E-state index is 6.80. The van der Waals surface area contributed by atoms with Gasteiger partial charge in [-0.1, -0.05) is 0 Å². The molecule has 0 aliphatic heterocycles. The summed E-state index contributed by atoms with van der Waals surface area (Å²) in [6.07, 6.45) is 0. The van der Waals surface area contributed by atoms with Crippen LogP contribution in [0, 0.1) is 38.2 Å². The van der Waals surface area contributed by atoms with Crippen molar-refractivity contribution in [3.05, 3.63) is 43.0 Å². The fourth-order valence-corrected chi connectivity index (χ4v) is 7.50. The fraction of sp³-hybridized carbons (Fsp3) is 0.500. The minimum atomic E-state index is -2.22. The Hall–Kier alpha value is 0.120. The second-order valence-electron chi connectivity index (χ2n) is 6.87. The molecule has 0 saturated carbocycles. The number of fused-ring (bicyclic) bond motifs is 1. The van der Waals surface area contributed by atoms with Gasteiger partial charge in [0.25, 0.3) is 0 Å². The molecule has 3 heteroatoms. The van der Waals surface area contributed by atoms with Crippen LogP contribution in [-0.4, -0.2) is 9.36 Å². The SMILES string of the molecule is CC[I-](C)(N)[C@H](C)c1cc(C)c(I)c2c(C)c(C)c(C)c(C)c12. The van der Waals surface area contributed by atoms with Gasteiger partial charge in [-0.2, -0.15) is 0 Å². The third-order valence-corrected chi connectivity index (χ3v) is 15.3. The van der Waals surface area contributed by atoms with Gasteiger partial charge in [-0.25, -0.2) is 0 Å². The molecule has 0 radical (unpaired) electrons. The summed E-state index contributed by atoms with van der Waals surface area (Å²) in [7, 11) is 0. The topological polar surface area (TPSA) is 26.0 Å². The second-order valence-corrected chi connectivity index (χ2v) is 17.8. The van der Waals surface area contributed by atoms with Crippen LogP contribution in [0.2, 0.25) is 0 Å². The Balaban J connectivity index is 3.01. The number of hydrogen-bond acceptors (Lipinski definition) is 1. The molecule has 0 fully saturated rings. The zero-order chi connectivity index (χ0) is 17.7. The van der Waals surface area contributed by atoms with Gasteiger partial charge in [-0.05, 0) is 0 Å². The summed E-state index contributed by atoms with van der Waals surface area (Å²) in [5.41, 5.74) is 8.62. The maximum absolute atomic E-state index is 6.80. The van der Waals surface area contributed by atoms with E-state index in [9.17, 15) is 0 Å². The molecular formula is C20H30I2N-. The molecule has 0 aliphatic carbocycles. The molecule has 2 N–H and O–H groups in total. The van der Waals surface area contributed by atoms with Crippen LogP contribution in [0.1, 0.15) is 51.2 Å². The first-order chi connectivity index (χ1) is 10.5. The van der Waals surface area contributed by atoms with Crippen molar-refractivity contribution < 1.29 is 18.7 Å². The van der Waals surface area contributed by atoms with Crippen molar-refractivity contribution in [1.29, 1.82) is 0 Å². The fourth-order valence-electron chi connectivity index (χ4n) is 3.33. The van der Waals surface area contributed by atoms with Gasteiger partial charge in [-0.3, -0.25) is 0 Å². The number of nitrogens with two attached hydrogens (primary N) is 1. The molecule has 0 spiro atoms. The molecule has 2 aromatic rings. The van der Waals surface area contributed by atoms with E-state index in [1.807, 2.05) is 0 Å². The van der Waals surface area contributed by atoms with E-state index in [-0.39, 0.29) is 0 Å². The first-order valence-electron chi connectivity index (χ1n) is 8.17. The van der Waals surface area contributed by atoms with Gasteiger partial charge < -0.3 is 0 Å². The van der Waals surface area contributed by atoms with E-state index in [0.717, 1.165) is 4.43 Å².